The molecule has 2 aromatic rings. The van der Waals surface area contributed by atoms with Crippen LogP contribution in [0.3, 0.4) is 0 Å². The molecular weight excluding hydrogens is 314 g/mol. The largest absolute Gasteiger partial charge is 0.383 e. The van der Waals surface area contributed by atoms with Crippen molar-refractivity contribution in [3.05, 3.63) is 52.8 Å². The lowest BCUT2D eigenvalue weighted by atomic mass is 10.0. The fraction of sp³-hybridized carbons (Fsp3) is 0.412. The number of nitrogens with zero attached hydrogens (tertiary/aromatic N) is 3. The lowest BCUT2D eigenvalue weighted by molar-refractivity contribution is 0.0728. The molecule has 1 amide bonds. The van der Waals surface area contributed by atoms with Gasteiger partial charge in [0, 0.05) is 24.9 Å². The Balaban J connectivity index is 1.75. The molecule has 1 aromatic heterocycles. The summed E-state index contributed by atoms with van der Waals surface area (Å²) in [5.74, 6) is -0.0152. The van der Waals surface area contributed by atoms with Crippen molar-refractivity contribution in [1.82, 2.24) is 14.7 Å². The maximum absolute atomic E-state index is 12.8. The molecule has 1 saturated heterocycles. The summed E-state index contributed by atoms with van der Waals surface area (Å²) in [6.07, 6.45) is 3.79. The number of aromatic nitrogens is 2. The minimum Gasteiger partial charge on any atom is -0.383 e. The Kier molecular flexibility index (Phi) is 4.98. The van der Waals surface area contributed by atoms with Crippen molar-refractivity contribution < 1.29 is 9.53 Å². The first-order valence-electron chi connectivity index (χ1n) is 7.78. The molecule has 2 heterocycles. The summed E-state index contributed by atoms with van der Waals surface area (Å²) in [6, 6.07) is 9.61. The van der Waals surface area contributed by atoms with Gasteiger partial charge in [0.05, 0.1) is 19.2 Å². The van der Waals surface area contributed by atoms with Crippen LogP contribution in [0.4, 0.5) is 0 Å². The number of carbonyl (C=O) groups excluding carboxylic acids is 1. The molecule has 0 unspecified atom stereocenters. The monoisotopic (exact) mass is 333 g/mol. The first-order valence-corrected chi connectivity index (χ1v) is 8.15. The van der Waals surface area contributed by atoms with Gasteiger partial charge in [0.1, 0.15) is 5.69 Å². The van der Waals surface area contributed by atoms with Gasteiger partial charge in [-0.2, -0.15) is 5.10 Å². The fourth-order valence-electron chi connectivity index (χ4n) is 2.97. The highest BCUT2D eigenvalue weighted by atomic mass is 35.5. The smallest absolute Gasteiger partial charge is 0.274 e. The number of amides is 1. The Labute approximate surface area is 140 Å². The third-order valence-electron chi connectivity index (χ3n) is 4.15. The number of rotatable bonds is 5. The molecule has 6 heteroatoms. The zero-order valence-corrected chi connectivity index (χ0v) is 13.9. The topological polar surface area (TPSA) is 47.4 Å². The molecule has 0 bridgehead atoms. The van der Waals surface area contributed by atoms with Gasteiger partial charge in [-0.15, -0.1) is 0 Å². The standard InChI is InChI=1S/C17H20ClN3O2/c1-23-12-11-20-10-8-15(19-20)17(22)21-9-2-3-16(21)13-4-6-14(18)7-5-13/h4-8,10,16H,2-3,9,11-12H2,1H3/t16-/m0/s1. The van der Waals surface area contributed by atoms with E-state index in [4.69, 9.17) is 16.3 Å². The molecule has 23 heavy (non-hydrogen) atoms. The summed E-state index contributed by atoms with van der Waals surface area (Å²) < 4.78 is 6.77. The van der Waals surface area contributed by atoms with E-state index in [0.717, 1.165) is 24.9 Å². The van der Waals surface area contributed by atoms with Gasteiger partial charge in [-0.25, -0.2) is 0 Å². The van der Waals surface area contributed by atoms with Gasteiger partial charge in [-0.05, 0) is 36.6 Å². The van der Waals surface area contributed by atoms with Crippen LogP contribution in [0.1, 0.15) is 34.9 Å². The highest BCUT2D eigenvalue weighted by Gasteiger charge is 2.31. The number of hydrogen-bond acceptors (Lipinski definition) is 3. The summed E-state index contributed by atoms with van der Waals surface area (Å²) in [7, 11) is 1.65. The SMILES string of the molecule is COCCn1ccc(C(=O)N2CCC[C@H]2c2ccc(Cl)cc2)n1. The predicted octanol–water partition coefficient (Wildman–Crippen LogP) is 3.16. The van der Waals surface area contributed by atoms with Crippen LogP contribution in [0.2, 0.25) is 5.02 Å². The molecule has 0 saturated carbocycles. The highest BCUT2D eigenvalue weighted by molar-refractivity contribution is 6.30. The van der Waals surface area contributed by atoms with E-state index in [9.17, 15) is 4.79 Å². The van der Waals surface area contributed by atoms with Crippen LogP contribution in [-0.2, 0) is 11.3 Å². The van der Waals surface area contributed by atoms with Gasteiger partial charge >= 0.3 is 0 Å². The summed E-state index contributed by atoms with van der Waals surface area (Å²) in [5, 5.41) is 5.07. The van der Waals surface area contributed by atoms with E-state index >= 15 is 0 Å². The van der Waals surface area contributed by atoms with Crippen molar-refractivity contribution in [3.8, 4) is 0 Å². The first-order chi connectivity index (χ1) is 11.2. The Hall–Kier alpha value is -1.85. The van der Waals surface area contributed by atoms with Crippen LogP contribution in [0.5, 0.6) is 0 Å². The summed E-state index contributed by atoms with van der Waals surface area (Å²) in [4.78, 5) is 14.7. The molecule has 1 atom stereocenters. The normalized spacial score (nSPS) is 17.7. The minimum atomic E-state index is -0.0152. The molecule has 1 aliphatic rings. The Morgan fingerprint density at radius 3 is 2.87 bits per heavy atom. The van der Waals surface area contributed by atoms with Gasteiger partial charge in [-0.3, -0.25) is 9.48 Å². The highest BCUT2D eigenvalue weighted by Crippen LogP contribution is 2.33. The molecule has 5 nitrogen and oxygen atoms in total. The molecule has 0 aliphatic carbocycles. The Morgan fingerprint density at radius 2 is 2.13 bits per heavy atom. The molecule has 1 aliphatic heterocycles. The number of carbonyl (C=O) groups is 1. The first kappa shape index (κ1) is 16.0. The molecule has 3 rings (SSSR count). The average Bonchev–Trinajstić information content (AvgIpc) is 3.22. The number of ether oxygens (including phenoxy) is 1. The molecule has 1 fully saturated rings. The second-order valence-corrected chi connectivity index (χ2v) is 6.10. The Morgan fingerprint density at radius 1 is 1.35 bits per heavy atom. The summed E-state index contributed by atoms with van der Waals surface area (Å²) >= 11 is 5.95. The van der Waals surface area contributed by atoms with Crippen molar-refractivity contribution >= 4 is 17.5 Å². The van der Waals surface area contributed by atoms with Gasteiger partial charge in [-0.1, -0.05) is 23.7 Å². The number of methoxy groups -OCH3 is 1. The zero-order chi connectivity index (χ0) is 16.2. The summed E-state index contributed by atoms with van der Waals surface area (Å²) in [6.45, 7) is 1.98. The third-order valence-corrected chi connectivity index (χ3v) is 4.40. The van der Waals surface area contributed by atoms with Crippen molar-refractivity contribution in [2.24, 2.45) is 0 Å². The van der Waals surface area contributed by atoms with Crippen LogP contribution in [0.25, 0.3) is 0 Å². The van der Waals surface area contributed by atoms with Crippen molar-refractivity contribution in [1.29, 1.82) is 0 Å². The second kappa shape index (κ2) is 7.15. The van der Waals surface area contributed by atoms with E-state index < -0.39 is 0 Å². The van der Waals surface area contributed by atoms with E-state index in [1.807, 2.05) is 35.4 Å². The van der Waals surface area contributed by atoms with Crippen LogP contribution in [0.15, 0.2) is 36.5 Å². The minimum absolute atomic E-state index is 0.0152. The lowest BCUT2D eigenvalue weighted by Gasteiger charge is -2.24. The third kappa shape index (κ3) is 3.57. The molecule has 1 aromatic carbocycles. The van der Waals surface area contributed by atoms with Crippen LogP contribution < -0.4 is 0 Å². The molecule has 0 spiro atoms. The van der Waals surface area contributed by atoms with Crippen molar-refractivity contribution in [2.45, 2.75) is 25.4 Å². The number of likely N-dealkylation sites (tertiary alicyclic amines) is 1. The van der Waals surface area contributed by atoms with E-state index in [2.05, 4.69) is 5.10 Å². The van der Waals surface area contributed by atoms with Gasteiger partial charge < -0.3 is 9.64 Å². The Bertz CT molecular complexity index is 669. The zero-order valence-electron chi connectivity index (χ0n) is 13.1. The number of halogens is 1. The van der Waals surface area contributed by atoms with Crippen molar-refractivity contribution in [2.75, 3.05) is 20.3 Å². The fourth-order valence-corrected chi connectivity index (χ4v) is 3.10. The van der Waals surface area contributed by atoms with Crippen LogP contribution in [-0.4, -0.2) is 40.8 Å². The quantitative estimate of drug-likeness (QED) is 0.844. The van der Waals surface area contributed by atoms with E-state index in [1.54, 1.807) is 17.9 Å². The second-order valence-electron chi connectivity index (χ2n) is 5.66. The van der Waals surface area contributed by atoms with E-state index in [1.165, 1.54) is 0 Å². The predicted molar refractivity (Wildman–Crippen MR) is 88.6 cm³/mol. The summed E-state index contributed by atoms with van der Waals surface area (Å²) in [5.41, 5.74) is 1.61. The van der Waals surface area contributed by atoms with Gasteiger partial charge in [0.2, 0.25) is 0 Å². The molecule has 0 radical (unpaired) electrons. The van der Waals surface area contributed by atoms with E-state index in [-0.39, 0.29) is 11.9 Å². The van der Waals surface area contributed by atoms with E-state index in [0.29, 0.717) is 23.9 Å². The average molecular weight is 334 g/mol. The van der Waals surface area contributed by atoms with Crippen LogP contribution in [0, 0.1) is 0 Å². The van der Waals surface area contributed by atoms with Crippen molar-refractivity contribution in [3.63, 3.8) is 0 Å². The number of benzene rings is 1. The molecular formula is C17H20ClN3O2. The number of hydrogen-bond donors (Lipinski definition) is 0. The van der Waals surface area contributed by atoms with Crippen LogP contribution >= 0.6 is 11.6 Å². The van der Waals surface area contributed by atoms with Gasteiger partial charge in [0.25, 0.3) is 5.91 Å². The maximum Gasteiger partial charge on any atom is 0.274 e. The maximum atomic E-state index is 12.8. The van der Waals surface area contributed by atoms with Gasteiger partial charge in [0.15, 0.2) is 0 Å². The molecule has 122 valence electrons. The lowest BCUT2D eigenvalue weighted by Crippen LogP contribution is -2.31. The molecule has 0 N–H and O–H groups in total.